The maximum Gasteiger partial charge on any atom is 0.324 e. The minimum atomic E-state index is -0.547. The number of rotatable bonds is 3. The third-order valence-electron chi connectivity index (χ3n) is 2.13. The van der Waals surface area contributed by atoms with Gasteiger partial charge in [-0.05, 0) is 20.8 Å². The van der Waals surface area contributed by atoms with E-state index >= 15 is 0 Å². The summed E-state index contributed by atoms with van der Waals surface area (Å²) in [6.45, 7) is 6.46. The molecule has 0 saturated carbocycles. The summed E-state index contributed by atoms with van der Waals surface area (Å²) in [6, 6.07) is 1.06. The van der Waals surface area contributed by atoms with Crippen LogP contribution >= 0.6 is 0 Å². The second kappa shape index (κ2) is 5.29. The fourth-order valence-corrected chi connectivity index (χ4v) is 1.22. The molecular formula is C10H15N3O3. The summed E-state index contributed by atoms with van der Waals surface area (Å²) < 4.78 is 4.74. The lowest BCUT2D eigenvalue weighted by molar-refractivity contribution is 0.0944. The van der Waals surface area contributed by atoms with Gasteiger partial charge in [-0.15, -0.1) is 0 Å². The normalized spacial score (nSPS) is 9.94. The number of amides is 3. The van der Waals surface area contributed by atoms with Crippen LogP contribution in [0.3, 0.4) is 0 Å². The Morgan fingerprint density at radius 1 is 1.44 bits per heavy atom. The van der Waals surface area contributed by atoms with Gasteiger partial charge in [0.15, 0.2) is 5.69 Å². The van der Waals surface area contributed by atoms with Crippen LogP contribution < -0.4 is 5.32 Å². The summed E-state index contributed by atoms with van der Waals surface area (Å²) >= 11 is 0. The zero-order valence-electron chi connectivity index (χ0n) is 9.61. The third kappa shape index (κ3) is 2.82. The highest BCUT2D eigenvalue weighted by Crippen LogP contribution is 2.01. The van der Waals surface area contributed by atoms with Gasteiger partial charge >= 0.3 is 6.03 Å². The number of aromatic nitrogens is 1. The molecule has 0 aromatic carbocycles. The van der Waals surface area contributed by atoms with Crippen LogP contribution in [0.2, 0.25) is 0 Å². The van der Waals surface area contributed by atoms with Crippen LogP contribution in [0, 0.1) is 6.92 Å². The fraction of sp³-hybridized carbons (Fsp3) is 0.500. The quantitative estimate of drug-likeness (QED) is 0.837. The Labute approximate surface area is 93.6 Å². The van der Waals surface area contributed by atoms with Crippen LogP contribution in [0.1, 0.15) is 30.1 Å². The number of hydrogen-bond donors (Lipinski definition) is 1. The molecule has 0 spiro atoms. The van der Waals surface area contributed by atoms with E-state index < -0.39 is 11.9 Å². The molecular weight excluding hydrogens is 210 g/mol. The molecule has 1 aromatic rings. The van der Waals surface area contributed by atoms with Gasteiger partial charge in [-0.2, -0.15) is 0 Å². The van der Waals surface area contributed by atoms with Crippen molar-refractivity contribution < 1.29 is 14.1 Å². The van der Waals surface area contributed by atoms with E-state index in [0.29, 0.717) is 18.8 Å². The van der Waals surface area contributed by atoms with Crippen molar-refractivity contribution in [1.29, 1.82) is 0 Å². The predicted octanol–water partition coefficient (Wildman–Crippen LogP) is 1.17. The first-order valence-electron chi connectivity index (χ1n) is 5.12. The summed E-state index contributed by atoms with van der Waals surface area (Å²) in [7, 11) is 0. The Hall–Kier alpha value is -1.85. The van der Waals surface area contributed by atoms with Crippen LogP contribution in [-0.2, 0) is 0 Å². The second-order valence-electron chi connectivity index (χ2n) is 3.25. The number of carbonyl (C=O) groups is 2. The topological polar surface area (TPSA) is 75.4 Å². The number of aryl methyl sites for hydroxylation is 1. The fourth-order valence-electron chi connectivity index (χ4n) is 1.22. The molecule has 1 aromatic heterocycles. The number of nitrogens with one attached hydrogen (secondary N) is 1. The first-order valence-corrected chi connectivity index (χ1v) is 5.12. The molecule has 1 rings (SSSR count). The van der Waals surface area contributed by atoms with Gasteiger partial charge in [0.1, 0.15) is 5.76 Å². The summed E-state index contributed by atoms with van der Waals surface area (Å²) in [5, 5.41) is 5.76. The number of hydrogen-bond acceptors (Lipinski definition) is 4. The van der Waals surface area contributed by atoms with Crippen molar-refractivity contribution in [2.75, 3.05) is 13.1 Å². The van der Waals surface area contributed by atoms with Crippen molar-refractivity contribution in [2.24, 2.45) is 0 Å². The number of urea groups is 1. The first kappa shape index (κ1) is 12.2. The maximum absolute atomic E-state index is 11.5. The molecule has 6 nitrogen and oxygen atoms in total. The summed E-state index contributed by atoms with van der Waals surface area (Å²) in [4.78, 5) is 24.6. The van der Waals surface area contributed by atoms with Crippen LogP contribution in [0.5, 0.6) is 0 Å². The number of carbonyl (C=O) groups excluding carboxylic acids is 2. The highest BCUT2D eigenvalue weighted by atomic mass is 16.5. The maximum atomic E-state index is 11.5. The summed E-state index contributed by atoms with van der Waals surface area (Å²) in [6.07, 6.45) is 0. The van der Waals surface area contributed by atoms with Gasteiger partial charge in [-0.25, -0.2) is 4.79 Å². The van der Waals surface area contributed by atoms with Crippen LogP contribution in [0.15, 0.2) is 10.6 Å². The van der Waals surface area contributed by atoms with E-state index in [2.05, 4.69) is 10.5 Å². The van der Waals surface area contributed by atoms with Crippen molar-refractivity contribution >= 4 is 11.9 Å². The lowest BCUT2D eigenvalue weighted by Gasteiger charge is -2.17. The monoisotopic (exact) mass is 225 g/mol. The number of nitrogens with zero attached hydrogens (tertiary/aromatic N) is 2. The first-order chi connectivity index (χ1) is 7.58. The molecule has 0 fully saturated rings. The Balaban J connectivity index is 2.61. The van der Waals surface area contributed by atoms with E-state index in [-0.39, 0.29) is 5.69 Å². The molecule has 3 amide bonds. The smallest absolute Gasteiger partial charge is 0.324 e. The van der Waals surface area contributed by atoms with Crippen molar-refractivity contribution in [1.82, 2.24) is 15.4 Å². The molecule has 1 N–H and O–H groups in total. The van der Waals surface area contributed by atoms with E-state index in [9.17, 15) is 9.59 Å². The number of imide groups is 1. The highest BCUT2D eigenvalue weighted by molar-refractivity contribution is 6.02. The molecule has 0 aliphatic carbocycles. The highest BCUT2D eigenvalue weighted by Gasteiger charge is 2.17. The van der Waals surface area contributed by atoms with E-state index in [1.54, 1.807) is 6.92 Å². The lowest BCUT2D eigenvalue weighted by atomic mass is 10.3. The average molecular weight is 225 g/mol. The molecule has 0 atom stereocenters. The molecule has 0 saturated heterocycles. The van der Waals surface area contributed by atoms with E-state index in [0.717, 1.165) is 0 Å². The zero-order valence-corrected chi connectivity index (χ0v) is 9.61. The molecule has 88 valence electrons. The zero-order chi connectivity index (χ0) is 12.1. The van der Waals surface area contributed by atoms with Crippen molar-refractivity contribution in [2.45, 2.75) is 20.8 Å². The Morgan fingerprint density at radius 3 is 2.50 bits per heavy atom. The SMILES string of the molecule is CCN(CC)C(=O)NC(=O)c1cc(C)on1. The van der Waals surface area contributed by atoms with Gasteiger partial charge < -0.3 is 9.42 Å². The van der Waals surface area contributed by atoms with Crippen molar-refractivity contribution in [3.05, 3.63) is 17.5 Å². The second-order valence-corrected chi connectivity index (χ2v) is 3.25. The Kier molecular flexibility index (Phi) is 4.04. The van der Waals surface area contributed by atoms with Crippen LogP contribution in [-0.4, -0.2) is 35.1 Å². The molecule has 0 unspecified atom stereocenters. The predicted molar refractivity (Wildman–Crippen MR) is 57.0 cm³/mol. The molecule has 1 heterocycles. The minimum Gasteiger partial charge on any atom is -0.361 e. The lowest BCUT2D eigenvalue weighted by Crippen LogP contribution is -2.42. The van der Waals surface area contributed by atoms with Crippen LogP contribution in [0.25, 0.3) is 0 Å². The van der Waals surface area contributed by atoms with Crippen LogP contribution in [0.4, 0.5) is 4.79 Å². The Bertz CT molecular complexity index is 382. The average Bonchev–Trinajstić information content (AvgIpc) is 2.66. The standard InChI is InChI=1S/C10H15N3O3/c1-4-13(5-2)10(15)11-9(14)8-6-7(3)16-12-8/h6H,4-5H2,1-3H3,(H,11,14,15). The third-order valence-corrected chi connectivity index (χ3v) is 2.13. The van der Waals surface area contributed by atoms with Gasteiger partial charge in [-0.1, -0.05) is 5.16 Å². The molecule has 0 aliphatic heterocycles. The molecule has 16 heavy (non-hydrogen) atoms. The van der Waals surface area contributed by atoms with E-state index in [4.69, 9.17) is 4.52 Å². The van der Waals surface area contributed by atoms with Gasteiger partial charge in [0.2, 0.25) is 0 Å². The van der Waals surface area contributed by atoms with Crippen molar-refractivity contribution in [3.63, 3.8) is 0 Å². The molecule has 6 heteroatoms. The van der Waals surface area contributed by atoms with Gasteiger partial charge in [0, 0.05) is 19.2 Å². The van der Waals surface area contributed by atoms with Crippen molar-refractivity contribution in [3.8, 4) is 0 Å². The van der Waals surface area contributed by atoms with E-state index in [1.165, 1.54) is 11.0 Å². The van der Waals surface area contributed by atoms with Gasteiger partial charge in [0.05, 0.1) is 0 Å². The van der Waals surface area contributed by atoms with Gasteiger partial charge in [0.25, 0.3) is 5.91 Å². The van der Waals surface area contributed by atoms with Gasteiger partial charge in [-0.3, -0.25) is 10.1 Å². The Morgan fingerprint density at radius 2 is 2.06 bits per heavy atom. The summed E-state index contributed by atoms with van der Waals surface area (Å²) in [5.41, 5.74) is 0.109. The molecule has 0 aliphatic rings. The summed E-state index contributed by atoms with van der Waals surface area (Å²) in [5.74, 6) is -0.0193. The van der Waals surface area contributed by atoms with E-state index in [1.807, 2.05) is 13.8 Å². The largest absolute Gasteiger partial charge is 0.361 e. The molecule has 0 bridgehead atoms. The minimum absolute atomic E-state index is 0.109. The molecule has 0 radical (unpaired) electrons.